The van der Waals surface area contributed by atoms with Gasteiger partial charge in [-0.15, -0.1) is 0 Å². The van der Waals surface area contributed by atoms with Gasteiger partial charge in [0.1, 0.15) is 13.1 Å². The van der Waals surface area contributed by atoms with E-state index in [1.165, 1.54) is 41.7 Å². The Morgan fingerprint density at radius 1 is 0.775 bits per heavy atom. The summed E-state index contributed by atoms with van der Waals surface area (Å²) >= 11 is 1.73. The predicted octanol–water partition coefficient (Wildman–Crippen LogP) is 8.45. The molecule has 3 rings (SSSR count). The summed E-state index contributed by atoms with van der Waals surface area (Å²) in [5.41, 5.74) is 2.12. The highest BCUT2D eigenvalue weighted by Crippen LogP contribution is 2.12. The zero-order valence-electron chi connectivity index (χ0n) is 25.7. The summed E-state index contributed by atoms with van der Waals surface area (Å²) in [6.07, 6.45) is 7.37. The minimum Gasteiger partial charge on any atom is -0.412 e. The molecule has 0 N–H and O–H groups in total. The Bertz CT molecular complexity index is 688. The molecule has 0 aliphatic carbocycles. The van der Waals surface area contributed by atoms with Crippen molar-refractivity contribution >= 4 is 11.3 Å². The van der Waals surface area contributed by atoms with Crippen LogP contribution in [0.25, 0.3) is 0 Å². The third kappa shape index (κ3) is 17.5. The summed E-state index contributed by atoms with van der Waals surface area (Å²) in [5, 5.41) is 2.08. The maximum atomic E-state index is 5.30. The highest BCUT2D eigenvalue weighted by molar-refractivity contribution is 7.07. The second-order valence-electron chi connectivity index (χ2n) is 11.0. The van der Waals surface area contributed by atoms with E-state index < -0.39 is 0 Å². The van der Waals surface area contributed by atoms with Gasteiger partial charge in [0.25, 0.3) is 0 Å². The van der Waals surface area contributed by atoms with Gasteiger partial charge in [-0.25, -0.2) is 0 Å². The molecule has 0 saturated carbocycles. The third-order valence-electron chi connectivity index (χ3n) is 7.91. The van der Waals surface area contributed by atoms with Crippen LogP contribution in [0.4, 0.5) is 0 Å². The number of thiazole rings is 1. The normalized spacial score (nSPS) is 13.6. The fourth-order valence-electron chi connectivity index (χ4n) is 4.12. The van der Waals surface area contributed by atoms with Crippen molar-refractivity contribution in [3.63, 3.8) is 0 Å². The molecule has 1 saturated heterocycles. The number of quaternary nitrogens is 2. The molecule has 0 unspecified atom stereocenters. The number of morpholine rings is 1. The molecule has 1 aliphatic rings. The highest BCUT2D eigenvalue weighted by Gasteiger charge is 2.28. The lowest BCUT2D eigenvalue weighted by atomic mass is 10.2. The fourth-order valence-corrected chi connectivity index (χ4v) is 4.86. The van der Waals surface area contributed by atoms with Crippen LogP contribution in [0.3, 0.4) is 0 Å². The van der Waals surface area contributed by atoms with E-state index in [1.54, 1.807) is 24.0 Å². The fraction of sp³-hybridized carbons (Fsp3) is 0.818. The van der Waals surface area contributed by atoms with E-state index in [0.29, 0.717) is 12.1 Å². The topological polar surface area (TPSA) is 30.1 Å². The van der Waals surface area contributed by atoms with Crippen LogP contribution in [-0.2, 0) is 4.74 Å². The number of hydrogen-bond donors (Lipinski definition) is 0. The Hall–Kier alpha value is -1.28. The molecule has 0 radical (unpaired) electrons. The Morgan fingerprint density at radius 2 is 1.25 bits per heavy atom. The molecule has 3 heterocycles. The van der Waals surface area contributed by atoms with Gasteiger partial charge in [-0.1, -0.05) is 41.0 Å². The monoisotopic (exact) mass is 593 g/mol. The van der Waals surface area contributed by atoms with Gasteiger partial charge in [0.15, 0.2) is 24.5 Å². The van der Waals surface area contributed by atoms with Gasteiger partial charge in [0, 0.05) is 0 Å². The van der Waals surface area contributed by atoms with Crippen molar-refractivity contribution < 1.29 is 27.3 Å². The van der Waals surface area contributed by atoms with Crippen molar-refractivity contribution in [3.05, 3.63) is 35.9 Å². The van der Waals surface area contributed by atoms with Gasteiger partial charge in [0.2, 0.25) is 11.7 Å². The number of rotatable bonds is 7. The van der Waals surface area contributed by atoms with Crippen molar-refractivity contribution in [3.8, 4) is 0 Å². The summed E-state index contributed by atoms with van der Waals surface area (Å²) in [6.45, 7) is 32.7. The quantitative estimate of drug-likeness (QED) is 0.238. The molecule has 0 aromatic carbocycles. The van der Waals surface area contributed by atoms with Crippen LogP contribution in [0.5, 0.6) is 0 Å². The summed E-state index contributed by atoms with van der Waals surface area (Å²) in [6, 6.07) is 2.64. The Balaban J connectivity index is -0.000000132. The maximum absolute atomic E-state index is 5.30. The van der Waals surface area contributed by atoms with E-state index in [2.05, 4.69) is 105 Å². The van der Waals surface area contributed by atoms with Crippen LogP contribution < -0.4 is 9.13 Å². The number of ether oxygens (including phenoxy) is 1. The van der Waals surface area contributed by atoms with Gasteiger partial charge in [-0.2, -0.15) is 9.13 Å². The lowest BCUT2D eigenvalue weighted by Crippen LogP contribution is -2.56. The number of hydrogen-bond acceptors (Lipinski definition) is 3. The van der Waals surface area contributed by atoms with Crippen molar-refractivity contribution in [2.24, 2.45) is 0 Å². The van der Waals surface area contributed by atoms with Crippen LogP contribution in [0.15, 0.2) is 40.4 Å². The number of nitrogens with zero attached hydrogens (tertiary/aromatic N) is 4. The molecule has 2 aromatic rings. The molecule has 1 fully saturated rings. The summed E-state index contributed by atoms with van der Waals surface area (Å²) in [4.78, 5) is 0. The van der Waals surface area contributed by atoms with Crippen LogP contribution in [-0.4, -0.2) is 74.0 Å². The van der Waals surface area contributed by atoms with Crippen molar-refractivity contribution in [1.82, 2.24) is 0 Å². The Morgan fingerprint density at radius 3 is 1.43 bits per heavy atom. The van der Waals surface area contributed by atoms with Crippen LogP contribution in [0.2, 0.25) is 0 Å². The van der Waals surface area contributed by atoms with Crippen molar-refractivity contribution in [1.29, 1.82) is 0 Å². The largest absolute Gasteiger partial charge is 0.412 e. The molecular formula is C33H76N4O2S+4. The minimum atomic E-state index is 0. The van der Waals surface area contributed by atoms with Gasteiger partial charge in [-0.3, -0.25) is 0 Å². The molecule has 0 atom stereocenters. The van der Waals surface area contributed by atoms with Crippen LogP contribution >= 0.6 is 11.3 Å². The lowest BCUT2D eigenvalue weighted by molar-refractivity contribution is -0.943. The molecule has 0 spiro atoms. The van der Waals surface area contributed by atoms with Crippen molar-refractivity contribution in [2.45, 2.75) is 130 Å². The second-order valence-corrected chi connectivity index (χ2v) is 11.8. The molecular weight excluding hydrogens is 516 g/mol. The first kappa shape index (κ1) is 48.5. The Kier molecular flexibility index (Phi) is 30.8. The van der Waals surface area contributed by atoms with E-state index in [9.17, 15) is 0 Å². The predicted molar refractivity (Wildman–Crippen MR) is 180 cm³/mol. The van der Waals surface area contributed by atoms with E-state index in [4.69, 9.17) is 9.15 Å². The maximum Gasteiger partial charge on any atom is 0.334 e. The standard InChI is InChI=1S/C9H22N.C8H18NO.C6H10NO.C6H10NS.4CH4/c1-6-10(7-2,8-3)9(4)5;1-8(2)9(3)4-6-10-7-5-9;2*1-6(2)7-3-4-8-5-7;;;;/h9H,6-8H2,1-5H3;8H,4-7H2,1-3H3;2*3-6H,1-2H3;4*1H4/q4*+1;;;;. The SMILES string of the molecule is C.C.C.C.CC(C)[N+]1(C)CCOCC1.CC(C)[n+]1ccoc1.CC(C)[n+]1ccsc1.CC[N+](CC)(CC)C(C)C. The molecule has 242 valence electrons. The average molecular weight is 593 g/mol. The number of likely N-dealkylation sites (N-methyl/N-ethyl adjacent to an activating group) is 1. The lowest BCUT2D eigenvalue weighted by Gasteiger charge is -2.41. The highest BCUT2D eigenvalue weighted by atomic mass is 32.1. The molecule has 6 nitrogen and oxygen atoms in total. The second kappa shape index (κ2) is 25.4. The van der Waals surface area contributed by atoms with Crippen LogP contribution in [0, 0.1) is 0 Å². The van der Waals surface area contributed by atoms with Gasteiger partial charge >= 0.3 is 6.39 Å². The van der Waals surface area contributed by atoms with E-state index >= 15 is 0 Å². The number of aromatic nitrogens is 2. The molecule has 2 aromatic heterocycles. The van der Waals surface area contributed by atoms with Crippen molar-refractivity contribution in [2.75, 3.05) is 53.0 Å². The number of oxazole rings is 1. The zero-order chi connectivity index (χ0) is 27.8. The Labute approximate surface area is 257 Å². The molecule has 0 bridgehead atoms. The summed E-state index contributed by atoms with van der Waals surface area (Å²) < 4.78 is 16.8. The van der Waals surface area contributed by atoms with E-state index in [1.807, 2.05) is 10.8 Å². The molecule has 1 aliphatic heterocycles. The first-order chi connectivity index (χ1) is 16.9. The summed E-state index contributed by atoms with van der Waals surface area (Å²) in [5.74, 6) is 0. The minimum absolute atomic E-state index is 0. The molecule has 40 heavy (non-hydrogen) atoms. The van der Waals surface area contributed by atoms with Gasteiger partial charge < -0.3 is 18.1 Å². The third-order valence-corrected chi connectivity index (χ3v) is 8.55. The van der Waals surface area contributed by atoms with E-state index in [0.717, 1.165) is 25.3 Å². The summed E-state index contributed by atoms with van der Waals surface area (Å²) in [7, 11) is 2.31. The molecule has 0 amide bonds. The first-order valence-electron chi connectivity index (χ1n) is 14.0. The first-order valence-corrected chi connectivity index (χ1v) is 15.0. The zero-order valence-corrected chi connectivity index (χ0v) is 26.6. The van der Waals surface area contributed by atoms with Crippen LogP contribution in [0.1, 0.15) is 118 Å². The van der Waals surface area contributed by atoms with Gasteiger partial charge in [-0.05, 0) is 76.2 Å². The van der Waals surface area contributed by atoms with Gasteiger partial charge in [0.05, 0.1) is 57.4 Å². The van der Waals surface area contributed by atoms with E-state index in [-0.39, 0.29) is 29.7 Å². The average Bonchev–Trinajstić information content (AvgIpc) is 3.57. The smallest absolute Gasteiger partial charge is 0.334 e. The molecule has 7 heteroatoms.